The summed E-state index contributed by atoms with van der Waals surface area (Å²) in [6, 6.07) is 7.58. The van der Waals surface area contributed by atoms with Crippen molar-refractivity contribution in [3.05, 3.63) is 52.0 Å². The molecular formula is C27H37ClN6O4S. The van der Waals surface area contributed by atoms with Gasteiger partial charge in [-0.15, -0.1) is 23.7 Å². The number of halogens is 1. The summed E-state index contributed by atoms with van der Waals surface area (Å²) < 4.78 is 0. The van der Waals surface area contributed by atoms with Crippen molar-refractivity contribution in [2.75, 3.05) is 6.54 Å². The first-order valence-electron chi connectivity index (χ1n) is 13.3. The van der Waals surface area contributed by atoms with E-state index in [0.29, 0.717) is 62.2 Å². The fourth-order valence-electron chi connectivity index (χ4n) is 4.62. The Labute approximate surface area is 238 Å². The molecule has 1 fully saturated rings. The van der Waals surface area contributed by atoms with Crippen molar-refractivity contribution in [3.63, 3.8) is 0 Å². The van der Waals surface area contributed by atoms with E-state index in [1.54, 1.807) is 5.38 Å². The van der Waals surface area contributed by atoms with Crippen molar-refractivity contribution in [1.82, 2.24) is 26.3 Å². The lowest BCUT2D eigenvalue weighted by atomic mass is 9.77. The number of thiazole rings is 1. The third-order valence-corrected chi connectivity index (χ3v) is 8.18. The largest absolute Gasteiger partial charge is 0.351 e. The fourth-order valence-corrected chi connectivity index (χ4v) is 5.47. The van der Waals surface area contributed by atoms with Crippen molar-refractivity contribution in [2.24, 2.45) is 5.73 Å². The molecule has 1 aromatic carbocycles. The molecule has 12 heteroatoms. The molecule has 1 saturated carbocycles. The van der Waals surface area contributed by atoms with Gasteiger partial charge in [0.15, 0.2) is 0 Å². The molecule has 4 amide bonds. The summed E-state index contributed by atoms with van der Waals surface area (Å²) >= 11 is 1.32. The van der Waals surface area contributed by atoms with E-state index in [0.717, 1.165) is 12.0 Å². The molecule has 39 heavy (non-hydrogen) atoms. The van der Waals surface area contributed by atoms with E-state index in [2.05, 4.69) is 26.3 Å². The second-order valence-electron chi connectivity index (χ2n) is 10.1. The van der Waals surface area contributed by atoms with Gasteiger partial charge in [0, 0.05) is 11.9 Å². The number of nitrogens with zero attached hydrogens (tertiary/aromatic N) is 1. The second kappa shape index (κ2) is 13.9. The van der Waals surface area contributed by atoms with Crippen LogP contribution in [-0.2, 0) is 20.8 Å². The highest BCUT2D eigenvalue weighted by atomic mass is 35.5. The van der Waals surface area contributed by atoms with Crippen LogP contribution in [0, 0.1) is 0 Å². The van der Waals surface area contributed by atoms with Crippen LogP contribution >= 0.6 is 23.7 Å². The van der Waals surface area contributed by atoms with Crippen LogP contribution in [-0.4, -0.2) is 52.8 Å². The molecule has 6 N–H and O–H groups in total. The summed E-state index contributed by atoms with van der Waals surface area (Å²) in [6.45, 7) is 2.23. The average Bonchev–Trinajstić information content (AvgIpc) is 3.39. The lowest BCUT2D eigenvalue weighted by Crippen LogP contribution is -2.62. The van der Waals surface area contributed by atoms with Crippen LogP contribution in [0.25, 0.3) is 0 Å². The number of rotatable bonds is 5. The Morgan fingerprint density at radius 3 is 2.46 bits per heavy atom. The first-order chi connectivity index (χ1) is 18.3. The number of hydrogen-bond donors (Lipinski definition) is 5. The van der Waals surface area contributed by atoms with Crippen LogP contribution in [0.3, 0.4) is 0 Å². The minimum atomic E-state index is -0.943. The fraction of sp³-hybridized carbons (Fsp3) is 0.519. The molecular weight excluding hydrogens is 540 g/mol. The number of amides is 4. The summed E-state index contributed by atoms with van der Waals surface area (Å²) in [6.07, 6.45) is 4.44. The molecule has 2 aromatic rings. The van der Waals surface area contributed by atoms with Gasteiger partial charge in [-0.3, -0.25) is 19.2 Å². The Bertz CT molecular complexity index is 1160. The summed E-state index contributed by atoms with van der Waals surface area (Å²) in [7, 11) is 0. The maximum atomic E-state index is 13.4. The molecule has 1 aromatic heterocycles. The zero-order valence-electron chi connectivity index (χ0n) is 22.0. The minimum absolute atomic E-state index is 0. The Morgan fingerprint density at radius 2 is 1.79 bits per heavy atom. The number of benzene rings is 1. The van der Waals surface area contributed by atoms with E-state index >= 15 is 0 Å². The summed E-state index contributed by atoms with van der Waals surface area (Å²) in [5, 5.41) is 13.9. The molecule has 0 radical (unpaired) electrons. The maximum absolute atomic E-state index is 13.4. The van der Waals surface area contributed by atoms with Crippen molar-refractivity contribution >= 4 is 47.4 Å². The summed E-state index contributed by atoms with van der Waals surface area (Å²) in [4.78, 5) is 56.7. The highest BCUT2D eigenvalue weighted by Gasteiger charge is 2.41. The first-order valence-corrected chi connectivity index (χ1v) is 14.1. The highest BCUT2D eigenvalue weighted by Crippen LogP contribution is 2.29. The van der Waals surface area contributed by atoms with E-state index < -0.39 is 29.6 Å². The normalized spacial score (nSPS) is 23.7. The first kappa shape index (κ1) is 30.5. The Balaban J connectivity index is 0.00000420. The number of carbonyl (C=O) groups excluding carboxylic acids is 4. The highest BCUT2D eigenvalue weighted by molar-refractivity contribution is 7.09. The van der Waals surface area contributed by atoms with Gasteiger partial charge in [0.2, 0.25) is 17.7 Å². The van der Waals surface area contributed by atoms with E-state index in [1.165, 1.54) is 11.3 Å². The smallest absolute Gasteiger partial charge is 0.270 e. The zero-order valence-corrected chi connectivity index (χ0v) is 23.7. The molecule has 1 aliphatic carbocycles. The van der Waals surface area contributed by atoms with E-state index in [9.17, 15) is 19.2 Å². The molecule has 3 atom stereocenters. The number of aromatic nitrogens is 1. The molecule has 0 saturated heterocycles. The molecule has 10 nitrogen and oxygen atoms in total. The quantitative estimate of drug-likeness (QED) is 0.367. The Morgan fingerprint density at radius 1 is 1.08 bits per heavy atom. The molecule has 0 unspecified atom stereocenters. The lowest BCUT2D eigenvalue weighted by Gasteiger charge is -2.37. The standard InChI is InChI=1S/C27H36N6O4S.ClH/c1-2-18-23(35)31-20(15-17-9-4-3-5-10-17)25-32-21(16-38-25)22(34)29-14-7-6-11-19(24(36)30-18)33-26(37)27(28)12-8-13-27;/h3-5,9-10,16,18-20H,2,6-8,11-15,28H2,1H3,(H,29,34)(H,30,36)(H,31,35)(H,33,37);1H/t18-,19+,20+;/m1./s1. The number of nitrogens with one attached hydrogen (secondary N) is 4. The number of hydrogen-bond acceptors (Lipinski definition) is 7. The van der Waals surface area contributed by atoms with Crippen molar-refractivity contribution in [3.8, 4) is 0 Å². The van der Waals surface area contributed by atoms with E-state index in [-0.39, 0.29) is 30.1 Å². The van der Waals surface area contributed by atoms with Gasteiger partial charge < -0.3 is 27.0 Å². The van der Waals surface area contributed by atoms with Gasteiger partial charge in [-0.2, -0.15) is 0 Å². The SMILES string of the molecule is CC[C@H]1NC(=O)[C@@H](NC(=O)C2(N)CCC2)CCCCNC(=O)c2csc(n2)[C@H](Cc2ccccc2)NC1=O.Cl. The van der Waals surface area contributed by atoms with Crippen molar-refractivity contribution in [1.29, 1.82) is 0 Å². The molecule has 4 rings (SSSR count). The Hall–Kier alpha value is -3.02. The molecule has 2 bridgehead atoms. The van der Waals surface area contributed by atoms with Gasteiger partial charge in [-0.25, -0.2) is 4.98 Å². The van der Waals surface area contributed by atoms with Crippen LogP contribution in [0.5, 0.6) is 0 Å². The van der Waals surface area contributed by atoms with Gasteiger partial charge in [0.1, 0.15) is 22.8 Å². The van der Waals surface area contributed by atoms with Gasteiger partial charge in [-0.1, -0.05) is 37.3 Å². The van der Waals surface area contributed by atoms with E-state index in [4.69, 9.17) is 5.73 Å². The van der Waals surface area contributed by atoms with Crippen molar-refractivity contribution < 1.29 is 19.2 Å². The zero-order chi connectivity index (χ0) is 27.1. The lowest BCUT2D eigenvalue weighted by molar-refractivity contribution is -0.135. The third-order valence-electron chi connectivity index (χ3n) is 7.22. The van der Waals surface area contributed by atoms with Crippen LogP contribution in [0.1, 0.15) is 79.0 Å². The number of nitrogens with two attached hydrogens (primary N) is 1. The topological polar surface area (TPSA) is 155 Å². The van der Waals surface area contributed by atoms with Crippen LogP contribution in [0.4, 0.5) is 0 Å². The monoisotopic (exact) mass is 576 g/mol. The summed E-state index contributed by atoms with van der Waals surface area (Å²) in [5.74, 6) is -1.40. The number of carbonyl (C=O) groups is 4. The second-order valence-corrected chi connectivity index (χ2v) is 11.0. The van der Waals surface area contributed by atoms with Crippen LogP contribution in [0.2, 0.25) is 0 Å². The van der Waals surface area contributed by atoms with Crippen LogP contribution in [0.15, 0.2) is 35.7 Å². The van der Waals surface area contributed by atoms with Gasteiger partial charge in [-0.05, 0) is 56.9 Å². The van der Waals surface area contributed by atoms with Crippen LogP contribution < -0.4 is 27.0 Å². The van der Waals surface area contributed by atoms with E-state index in [1.807, 2.05) is 37.3 Å². The van der Waals surface area contributed by atoms with Crippen molar-refractivity contribution in [2.45, 2.75) is 82.0 Å². The Kier molecular flexibility index (Phi) is 10.8. The molecule has 2 heterocycles. The maximum Gasteiger partial charge on any atom is 0.270 e. The molecule has 1 aliphatic heterocycles. The van der Waals surface area contributed by atoms with Gasteiger partial charge in [0.25, 0.3) is 5.91 Å². The molecule has 2 aliphatic rings. The minimum Gasteiger partial charge on any atom is -0.351 e. The van der Waals surface area contributed by atoms with Gasteiger partial charge >= 0.3 is 0 Å². The predicted molar refractivity (Wildman–Crippen MR) is 151 cm³/mol. The third kappa shape index (κ3) is 7.77. The molecule has 0 spiro atoms. The van der Waals surface area contributed by atoms with Gasteiger partial charge in [0.05, 0.1) is 11.6 Å². The number of fused-ring (bicyclic) bond motifs is 2. The summed E-state index contributed by atoms with van der Waals surface area (Å²) in [5.41, 5.74) is 6.54. The average molecular weight is 577 g/mol. The predicted octanol–water partition coefficient (Wildman–Crippen LogP) is 2.14. The molecule has 212 valence electrons.